The zero-order valence-corrected chi connectivity index (χ0v) is 15.1. The van der Waals surface area contributed by atoms with E-state index in [0.29, 0.717) is 32.2 Å². The van der Waals surface area contributed by atoms with Crippen LogP contribution in [0.1, 0.15) is 58.8 Å². The van der Waals surface area contributed by atoms with Crippen molar-refractivity contribution >= 4 is 17.8 Å². The lowest BCUT2D eigenvalue weighted by atomic mass is 9.81. The van der Waals surface area contributed by atoms with E-state index < -0.39 is 11.1 Å². The van der Waals surface area contributed by atoms with E-state index in [-0.39, 0.29) is 24.4 Å². The Kier molecular flexibility index (Phi) is 5.52. The van der Waals surface area contributed by atoms with Crippen LogP contribution < -0.4 is 11.1 Å². The molecule has 2 rings (SSSR count). The van der Waals surface area contributed by atoms with Crippen molar-refractivity contribution in [2.75, 3.05) is 20.1 Å². The summed E-state index contributed by atoms with van der Waals surface area (Å²) in [5.74, 6) is -0.552. The summed E-state index contributed by atoms with van der Waals surface area (Å²) in [4.78, 5) is 40.5. The van der Waals surface area contributed by atoms with Crippen LogP contribution in [0.15, 0.2) is 0 Å². The predicted octanol–water partition coefficient (Wildman–Crippen LogP) is 1.22. The molecule has 24 heavy (non-hydrogen) atoms. The van der Waals surface area contributed by atoms with Gasteiger partial charge < -0.3 is 16.0 Å². The van der Waals surface area contributed by atoms with Crippen LogP contribution >= 0.6 is 0 Å². The molecule has 7 heteroatoms. The maximum Gasteiger partial charge on any atom is 0.327 e. The molecule has 1 aliphatic carbocycles. The molecule has 0 unspecified atom stereocenters. The highest BCUT2D eigenvalue weighted by Gasteiger charge is 2.55. The van der Waals surface area contributed by atoms with Gasteiger partial charge in [-0.05, 0) is 25.7 Å². The summed E-state index contributed by atoms with van der Waals surface area (Å²) >= 11 is 0. The average Bonchev–Trinajstić information content (AvgIpc) is 2.77. The van der Waals surface area contributed by atoms with Crippen molar-refractivity contribution in [3.63, 3.8) is 0 Å². The molecule has 1 saturated heterocycles. The molecular formula is C17H30N4O3. The number of carbonyl (C=O) groups is 3. The first-order valence-corrected chi connectivity index (χ1v) is 8.96. The molecule has 7 nitrogen and oxygen atoms in total. The van der Waals surface area contributed by atoms with Gasteiger partial charge >= 0.3 is 6.03 Å². The Bertz CT molecular complexity index is 502. The molecular weight excluding hydrogens is 308 g/mol. The molecule has 0 aromatic carbocycles. The summed E-state index contributed by atoms with van der Waals surface area (Å²) in [7, 11) is 1.67. The second kappa shape index (κ2) is 7.09. The minimum absolute atomic E-state index is 0.226. The first kappa shape index (κ1) is 18.7. The van der Waals surface area contributed by atoms with Crippen LogP contribution in [0, 0.1) is 0 Å². The van der Waals surface area contributed by atoms with Gasteiger partial charge in [0.15, 0.2) is 0 Å². The fourth-order valence-corrected chi connectivity index (χ4v) is 3.92. The summed E-state index contributed by atoms with van der Waals surface area (Å²) in [6.07, 6.45) is 5.74. The van der Waals surface area contributed by atoms with Gasteiger partial charge in [0.2, 0.25) is 5.91 Å². The van der Waals surface area contributed by atoms with Gasteiger partial charge in [0.05, 0.1) is 5.54 Å². The molecule has 0 radical (unpaired) electrons. The smallest absolute Gasteiger partial charge is 0.327 e. The van der Waals surface area contributed by atoms with Crippen molar-refractivity contribution in [3.05, 3.63) is 0 Å². The van der Waals surface area contributed by atoms with E-state index >= 15 is 0 Å². The second-order valence-corrected chi connectivity index (χ2v) is 7.06. The van der Waals surface area contributed by atoms with Crippen molar-refractivity contribution < 1.29 is 14.4 Å². The third-order valence-corrected chi connectivity index (χ3v) is 5.93. The van der Waals surface area contributed by atoms with Crippen LogP contribution in [-0.2, 0) is 9.59 Å². The summed E-state index contributed by atoms with van der Waals surface area (Å²) < 4.78 is 0. The molecule has 1 saturated carbocycles. The zero-order valence-electron chi connectivity index (χ0n) is 15.1. The van der Waals surface area contributed by atoms with E-state index in [9.17, 15) is 14.4 Å². The molecule has 0 bridgehead atoms. The van der Waals surface area contributed by atoms with Crippen molar-refractivity contribution in [3.8, 4) is 0 Å². The summed E-state index contributed by atoms with van der Waals surface area (Å²) in [6, 6.07) is -0.372. The van der Waals surface area contributed by atoms with E-state index in [4.69, 9.17) is 5.73 Å². The fourth-order valence-electron chi connectivity index (χ4n) is 3.92. The Labute approximate surface area is 143 Å². The van der Waals surface area contributed by atoms with Gasteiger partial charge in [-0.2, -0.15) is 0 Å². The molecule has 1 spiro atoms. The number of rotatable bonds is 6. The van der Waals surface area contributed by atoms with Gasteiger partial charge in [-0.1, -0.05) is 33.1 Å². The van der Waals surface area contributed by atoms with Gasteiger partial charge in [0.1, 0.15) is 12.1 Å². The lowest BCUT2D eigenvalue weighted by molar-refractivity contribution is -0.137. The van der Waals surface area contributed by atoms with Gasteiger partial charge in [0, 0.05) is 13.6 Å². The Hall–Kier alpha value is -1.63. The molecule has 136 valence electrons. The highest BCUT2D eigenvalue weighted by Crippen LogP contribution is 2.39. The van der Waals surface area contributed by atoms with Crippen molar-refractivity contribution in [1.29, 1.82) is 0 Å². The maximum absolute atomic E-state index is 12.9. The van der Waals surface area contributed by atoms with E-state index in [1.54, 1.807) is 7.05 Å². The largest absolute Gasteiger partial charge is 0.348 e. The summed E-state index contributed by atoms with van der Waals surface area (Å²) in [5.41, 5.74) is 4.59. The fraction of sp³-hybridized carbons (Fsp3) is 0.824. The van der Waals surface area contributed by atoms with Crippen LogP contribution in [0.4, 0.5) is 4.79 Å². The highest BCUT2D eigenvalue weighted by molar-refractivity contribution is 6.09. The van der Waals surface area contributed by atoms with E-state index in [2.05, 4.69) is 5.32 Å². The Morgan fingerprint density at radius 3 is 2.29 bits per heavy atom. The summed E-state index contributed by atoms with van der Waals surface area (Å²) in [5, 5.41) is 2.93. The lowest BCUT2D eigenvalue weighted by Gasteiger charge is -2.35. The maximum atomic E-state index is 12.9. The van der Waals surface area contributed by atoms with Gasteiger partial charge in [-0.3, -0.25) is 14.5 Å². The van der Waals surface area contributed by atoms with Gasteiger partial charge in [-0.15, -0.1) is 0 Å². The molecule has 0 aromatic heterocycles. The SMILES string of the molecule is CCC(CC)(CN)NC(=O)CN1C(=O)N(C)C2(CCCCC2)C1=O. The van der Waals surface area contributed by atoms with Crippen LogP contribution in [0.2, 0.25) is 0 Å². The Balaban J connectivity index is 2.11. The van der Waals surface area contributed by atoms with Gasteiger partial charge in [0.25, 0.3) is 5.91 Å². The number of amides is 4. The molecule has 0 atom stereocenters. The number of imide groups is 1. The molecule has 4 amide bonds. The Morgan fingerprint density at radius 1 is 1.21 bits per heavy atom. The normalized spacial score (nSPS) is 20.8. The zero-order chi connectivity index (χ0) is 18.0. The number of urea groups is 1. The molecule has 2 aliphatic rings. The van der Waals surface area contributed by atoms with Crippen LogP contribution in [-0.4, -0.2) is 58.9 Å². The highest BCUT2D eigenvalue weighted by atomic mass is 16.2. The van der Waals surface area contributed by atoms with E-state index in [0.717, 1.165) is 24.2 Å². The third kappa shape index (κ3) is 3.01. The number of carbonyl (C=O) groups excluding carboxylic acids is 3. The molecule has 2 fully saturated rings. The average molecular weight is 338 g/mol. The second-order valence-electron chi connectivity index (χ2n) is 7.06. The first-order valence-electron chi connectivity index (χ1n) is 8.96. The minimum atomic E-state index is -0.740. The number of hydrogen-bond acceptors (Lipinski definition) is 4. The minimum Gasteiger partial charge on any atom is -0.348 e. The molecule has 3 N–H and O–H groups in total. The van der Waals surface area contributed by atoms with Crippen molar-refractivity contribution in [1.82, 2.24) is 15.1 Å². The standard InChI is InChI=1S/C17H30N4O3/c1-4-16(5-2,12-18)19-13(22)11-21-14(23)17(20(3)15(21)24)9-7-6-8-10-17/h4-12,18H2,1-3H3,(H,19,22). The predicted molar refractivity (Wildman–Crippen MR) is 91.2 cm³/mol. The molecule has 0 aromatic rings. The lowest BCUT2D eigenvalue weighted by Crippen LogP contribution is -2.55. The summed E-state index contributed by atoms with van der Waals surface area (Å²) in [6.45, 7) is 4.03. The number of likely N-dealkylation sites (N-methyl/N-ethyl adjacent to an activating group) is 1. The van der Waals surface area contributed by atoms with Crippen LogP contribution in [0.5, 0.6) is 0 Å². The van der Waals surface area contributed by atoms with E-state index in [1.165, 1.54) is 4.90 Å². The number of hydrogen-bond donors (Lipinski definition) is 2. The van der Waals surface area contributed by atoms with Crippen molar-refractivity contribution in [2.45, 2.75) is 69.9 Å². The monoisotopic (exact) mass is 338 g/mol. The quantitative estimate of drug-likeness (QED) is 0.712. The van der Waals surface area contributed by atoms with Crippen LogP contribution in [0.25, 0.3) is 0 Å². The molecule has 1 heterocycles. The molecule has 1 aliphatic heterocycles. The van der Waals surface area contributed by atoms with E-state index in [1.807, 2.05) is 13.8 Å². The topological polar surface area (TPSA) is 95.7 Å². The third-order valence-electron chi connectivity index (χ3n) is 5.93. The van der Waals surface area contributed by atoms with Gasteiger partial charge in [-0.25, -0.2) is 4.79 Å². The number of nitrogens with two attached hydrogens (primary N) is 1. The number of nitrogens with zero attached hydrogens (tertiary/aromatic N) is 2. The van der Waals surface area contributed by atoms with Crippen LogP contribution in [0.3, 0.4) is 0 Å². The first-order chi connectivity index (χ1) is 11.4. The number of nitrogens with one attached hydrogen (secondary N) is 1. The van der Waals surface area contributed by atoms with Crippen molar-refractivity contribution in [2.24, 2.45) is 5.73 Å². The Morgan fingerprint density at radius 2 is 1.79 bits per heavy atom.